The third-order valence-electron chi connectivity index (χ3n) is 3.98. The fraction of sp³-hybridized carbons (Fsp3) is 0. The van der Waals surface area contributed by atoms with E-state index in [0.717, 1.165) is 15.7 Å². The fourth-order valence-electron chi connectivity index (χ4n) is 2.87. The zero-order valence-electron chi connectivity index (χ0n) is 12.4. The molecule has 1 aliphatic heterocycles. The van der Waals surface area contributed by atoms with Gasteiger partial charge in [0.05, 0.1) is 15.4 Å². The summed E-state index contributed by atoms with van der Waals surface area (Å²) in [5.41, 5.74) is 1.12. The zero-order chi connectivity index (χ0) is 16.7. The Labute approximate surface area is 142 Å². The van der Waals surface area contributed by atoms with Crippen LogP contribution in [0.25, 0.3) is 16.8 Å². The second kappa shape index (κ2) is 5.62. The molecular weight excluding hydrogens is 322 g/mol. The lowest BCUT2D eigenvalue weighted by Gasteiger charge is -2.02. The van der Waals surface area contributed by atoms with E-state index in [0.29, 0.717) is 16.0 Å². The monoisotopic (exact) mass is 333 g/mol. The second-order valence-corrected chi connectivity index (χ2v) is 6.50. The highest BCUT2D eigenvalue weighted by Gasteiger charge is 2.28. The number of hydrogen-bond acceptors (Lipinski definition) is 4. The summed E-state index contributed by atoms with van der Waals surface area (Å²) >= 11 is 1.36. The molecule has 0 aromatic heterocycles. The Hall–Kier alpha value is -2.92. The molecular formula is C19H11NO3S. The molecule has 0 saturated heterocycles. The summed E-state index contributed by atoms with van der Waals surface area (Å²) in [6.07, 6.45) is 1.61. The predicted octanol–water partition coefficient (Wildman–Crippen LogP) is 5.08. The Balaban J connectivity index is 1.84. The van der Waals surface area contributed by atoms with E-state index < -0.39 is 4.92 Å². The van der Waals surface area contributed by atoms with E-state index in [9.17, 15) is 14.9 Å². The molecule has 0 atom stereocenters. The van der Waals surface area contributed by atoms with Gasteiger partial charge in [-0.2, -0.15) is 0 Å². The molecule has 1 heterocycles. The van der Waals surface area contributed by atoms with Gasteiger partial charge in [0.15, 0.2) is 0 Å². The number of nitrogens with zero attached hydrogens (tertiary/aromatic N) is 1. The summed E-state index contributed by atoms with van der Waals surface area (Å²) in [5, 5.41) is 13.1. The molecule has 4 nitrogen and oxygen atoms in total. The first-order valence-corrected chi connectivity index (χ1v) is 8.16. The summed E-state index contributed by atoms with van der Waals surface area (Å²) in [4.78, 5) is 25.0. The molecule has 3 aromatic carbocycles. The lowest BCUT2D eigenvalue weighted by molar-refractivity contribution is -0.385. The molecule has 4 rings (SSSR count). The maximum atomic E-state index is 12.8. The van der Waals surface area contributed by atoms with E-state index in [2.05, 4.69) is 0 Å². The van der Waals surface area contributed by atoms with Crippen LogP contribution in [0.15, 0.2) is 70.5 Å². The number of hydrogen-bond donors (Lipinski definition) is 0. The molecule has 3 aromatic rings. The van der Waals surface area contributed by atoms with Crippen LogP contribution >= 0.6 is 11.8 Å². The van der Waals surface area contributed by atoms with Gasteiger partial charge in [-0.05, 0) is 29.0 Å². The number of benzene rings is 3. The molecule has 5 heteroatoms. The average molecular weight is 333 g/mol. The summed E-state index contributed by atoms with van der Waals surface area (Å²) in [7, 11) is 0. The topological polar surface area (TPSA) is 60.2 Å². The number of Topliss-reactive ketones (excluding diaryl/α,β-unsaturated/α-hetero) is 1. The van der Waals surface area contributed by atoms with Crippen molar-refractivity contribution in [2.45, 2.75) is 4.90 Å². The van der Waals surface area contributed by atoms with Gasteiger partial charge in [0.1, 0.15) is 0 Å². The first-order chi connectivity index (χ1) is 11.6. The van der Waals surface area contributed by atoms with Crippen molar-refractivity contribution in [3.8, 4) is 0 Å². The van der Waals surface area contributed by atoms with Gasteiger partial charge < -0.3 is 0 Å². The first kappa shape index (κ1) is 14.7. The normalized spacial score (nSPS) is 15.0. The number of rotatable bonds is 2. The number of ketones is 1. The van der Waals surface area contributed by atoms with Crippen molar-refractivity contribution >= 4 is 40.1 Å². The van der Waals surface area contributed by atoms with Crippen LogP contribution in [0.1, 0.15) is 15.9 Å². The number of carbonyl (C=O) groups excluding carboxylic acids is 1. The van der Waals surface area contributed by atoms with E-state index in [-0.39, 0.29) is 11.5 Å². The molecule has 116 valence electrons. The van der Waals surface area contributed by atoms with Crippen molar-refractivity contribution in [1.82, 2.24) is 0 Å². The van der Waals surface area contributed by atoms with Gasteiger partial charge in [0.2, 0.25) is 5.78 Å². The molecule has 0 N–H and O–H groups in total. The molecule has 0 fully saturated rings. The van der Waals surface area contributed by atoms with Gasteiger partial charge in [-0.1, -0.05) is 54.2 Å². The minimum absolute atomic E-state index is 0.000728. The van der Waals surface area contributed by atoms with Crippen LogP contribution in [0.2, 0.25) is 0 Å². The Morgan fingerprint density at radius 1 is 0.958 bits per heavy atom. The first-order valence-electron chi connectivity index (χ1n) is 7.34. The Morgan fingerprint density at radius 3 is 2.54 bits per heavy atom. The van der Waals surface area contributed by atoms with Crippen molar-refractivity contribution < 1.29 is 9.72 Å². The maximum absolute atomic E-state index is 12.8. The van der Waals surface area contributed by atoms with Crippen LogP contribution in [-0.2, 0) is 0 Å². The number of thioether (sulfide) groups is 1. The fourth-order valence-corrected chi connectivity index (χ4v) is 3.93. The number of fused-ring (bicyclic) bond motifs is 3. The number of allylic oxidation sites excluding steroid dienone is 1. The minimum atomic E-state index is -0.432. The molecule has 0 aliphatic carbocycles. The van der Waals surface area contributed by atoms with Gasteiger partial charge >= 0.3 is 0 Å². The van der Waals surface area contributed by atoms with Gasteiger partial charge in [-0.25, -0.2) is 0 Å². The third-order valence-corrected chi connectivity index (χ3v) is 5.06. The molecule has 0 amide bonds. The van der Waals surface area contributed by atoms with Crippen LogP contribution in [0.3, 0.4) is 0 Å². The minimum Gasteiger partial charge on any atom is -0.288 e. The van der Waals surface area contributed by atoms with E-state index >= 15 is 0 Å². The van der Waals surface area contributed by atoms with E-state index in [1.807, 2.05) is 36.4 Å². The number of nitro benzene ring substituents is 1. The number of para-hydroxylation sites is 1. The van der Waals surface area contributed by atoms with Crippen LogP contribution in [0.5, 0.6) is 0 Å². The summed E-state index contributed by atoms with van der Waals surface area (Å²) in [5.74, 6) is -0.0787. The van der Waals surface area contributed by atoms with E-state index in [1.54, 1.807) is 24.3 Å². The molecule has 0 spiro atoms. The van der Waals surface area contributed by atoms with Crippen molar-refractivity contribution in [2.24, 2.45) is 0 Å². The molecule has 24 heavy (non-hydrogen) atoms. The van der Waals surface area contributed by atoms with E-state index in [4.69, 9.17) is 0 Å². The maximum Gasteiger partial charge on any atom is 0.276 e. The third kappa shape index (κ3) is 2.30. The summed E-state index contributed by atoms with van der Waals surface area (Å²) in [6.45, 7) is 0. The highest BCUT2D eigenvalue weighted by Crippen LogP contribution is 2.44. The lowest BCUT2D eigenvalue weighted by Crippen LogP contribution is -1.97. The summed E-state index contributed by atoms with van der Waals surface area (Å²) in [6, 6.07) is 18.1. The Bertz CT molecular complexity index is 1040. The van der Waals surface area contributed by atoms with Crippen LogP contribution in [0.4, 0.5) is 5.69 Å². The molecule has 0 unspecified atom stereocenters. The lowest BCUT2D eigenvalue weighted by atomic mass is 10.0. The van der Waals surface area contributed by atoms with Crippen LogP contribution in [0, 0.1) is 10.1 Å². The van der Waals surface area contributed by atoms with Crippen LogP contribution < -0.4 is 0 Å². The molecule has 0 bridgehead atoms. The summed E-state index contributed by atoms with van der Waals surface area (Å²) < 4.78 is 0. The molecule has 0 radical (unpaired) electrons. The van der Waals surface area contributed by atoms with Crippen molar-refractivity contribution in [3.05, 3.63) is 86.8 Å². The average Bonchev–Trinajstić information content (AvgIpc) is 2.91. The molecule has 1 aliphatic rings. The second-order valence-electron chi connectivity index (χ2n) is 5.42. The van der Waals surface area contributed by atoms with Gasteiger partial charge in [0.25, 0.3) is 5.69 Å². The van der Waals surface area contributed by atoms with Gasteiger partial charge in [-0.3, -0.25) is 14.9 Å². The van der Waals surface area contributed by atoms with Crippen LogP contribution in [-0.4, -0.2) is 10.7 Å². The highest BCUT2D eigenvalue weighted by molar-refractivity contribution is 8.05. The standard InChI is InChI=1S/C19H11NO3S/c21-19-17(11-13-6-2-4-8-15(13)20(22)23)24-16-10-9-12-5-1-3-7-14(12)18(16)19/h1-11H. The number of carbonyl (C=O) groups is 1. The SMILES string of the molecule is O=C1C(=Cc2ccccc2[N+](=O)[O-])Sc2ccc3ccccc3c21. The molecule has 0 saturated carbocycles. The van der Waals surface area contributed by atoms with Crippen molar-refractivity contribution in [1.29, 1.82) is 0 Å². The van der Waals surface area contributed by atoms with Crippen molar-refractivity contribution in [3.63, 3.8) is 0 Å². The largest absolute Gasteiger partial charge is 0.288 e. The Morgan fingerprint density at radius 2 is 1.71 bits per heavy atom. The zero-order valence-corrected chi connectivity index (χ0v) is 13.2. The quantitative estimate of drug-likeness (QED) is 0.373. The predicted molar refractivity (Wildman–Crippen MR) is 95.2 cm³/mol. The smallest absolute Gasteiger partial charge is 0.276 e. The highest BCUT2D eigenvalue weighted by atomic mass is 32.2. The number of nitro groups is 1. The Kier molecular flexibility index (Phi) is 3.43. The van der Waals surface area contributed by atoms with Crippen molar-refractivity contribution in [2.75, 3.05) is 0 Å². The van der Waals surface area contributed by atoms with Gasteiger partial charge in [-0.15, -0.1) is 0 Å². The van der Waals surface area contributed by atoms with Gasteiger partial charge in [0, 0.05) is 16.5 Å². The van der Waals surface area contributed by atoms with E-state index in [1.165, 1.54) is 17.8 Å².